The Morgan fingerprint density at radius 3 is 2.53 bits per heavy atom. The predicted octanol–water partition coefficient (Wildman–Crippen LogP) is 5.44. The fraction of sp³-hybridized carbons (Fsp3) is 0.120. The molecule has 1 N–H and O–H groups in total. The van der Waals surface area contributed by atoms with Gasteiger partial charge in [0.2, 0.25) is 0 Å². The van der Waals surface area contributed by atoms with E-state index >= 15 is 0 Å². The summed E-state index contributed by atoms with van der Waals surface area (Å²) >= 11 is 5.72. The van der Waals surface area contributed by atoms with Gasteiger partial charge in [0.05, 0.1) is 29.3 Å². The van der Waals surface area contributed by atoms with Crippen LogP contribution in [-0.4, -0.2) is 22.1 Å². The van der Waals surface area contributed by atoms with Gasteiger partial charge in [-0.25, -0.2) is 0 Å². The van der Waals surface area contributed by atoms with E-state index in [0.717, 1.165) is 17.1 Å². The number of hydrogen-bond acceptors (Lipinski definition) is 6. The first kappa shape index (κ1) is 21.6. The van der Waals surface area contributed by atoms with Gasteiger partial charge >= 0.3 is 0 Å². The SMILES string of the molecule is COc1ccc(N2C(=S)N[C@H](c3ccccn3)[C@H]2c2ccc(-c3ccccc3[N+](=O)[O-])o2)cc1. The molecule has 1 saturated heterocycles. The Labute approximate surface area is 201 Å². The molecule has 2 aromatic carbocycles. The van der Waals surface area contributed by atoms with E-state index in [1.807, 2.05) is 53.4 Å². The number of methoxy groups -OCH3 is 1. The highest BCUT2D eigenvalue weighted by atomic mass is 32.1. The van der Waals surface area contributed by atoms with E-state index in [2.05, 4.69) is 10.3 Å². The average molecular weight is 473 g/mol. The van der Waals surface area contributed by atoms with Crippen molar-refractivity contribution in [3.63, 3.8) is 0 Å². The summed E-state index contributed by atoms with van der Waals surface area (Å²) in [5, 5.41) is 15.4. The first-order chi connectivity index (χ1) is 16.6. The van der Waals surface area contributed by atoms with E-state index in [1.165, 1.54) is 6.07 Å². The molecule has 2 aromatic heterocycles. The molecule has 1 aliphatic rings. The standard InChI is InChI=1S/C25H20N4O4S/c1-32-17-11-9-16(10-12-17)28-24(23(27-25(28)34)19-7-4-5-15-26-19)22-14-13-21(33-22)18-6-2-3-8-20(18)29(30)31/h2-15,23-24H,1H3,(H,27,34)/t23-,24-/m1/s1. The molecule has 3 heterocycles. The van der Waals surface area contributed by atoms with Crippen molar-refractivity contribution in [2.24, 2.45) is 0 Å². The molecule has 9 heteroatoms. The minimum Gasteiger partial charge on any atom is -0.497 e. The largest absolute Gasteiger partial charge is 0.497 e. The van der Waals surface area contributed by atoms with Crippen molar-refractivity contribution in [1.29, 1.82) is 0 Å². The first-order valence-electron chi connectivity index (χ1n) is 10.5. The van der Waals surface area contributed by atoms with Gasteiger partial charge in [0.15, 0.2) is 5.11 Å². The molecule has 0 spiro atoms. The van der Waals surface area contributed by atoms with Gasteiger partial charge in [0.1, 0.15) is 23.3 Å². The molecule has 34 heavy (non-hydrogen) atoms. The quantitative estimate of drug-likeness (QED) is 0.225. The van der Waals surface area contributed by atoms with Crippen LogP contribution in [0.15, 0.2) is 89.5 Å². The number of benzene rings is 2. The lowest BCUT2D eigenvalue weighted by Gasteiger charge is -2.26. The van der Waals surface area contributed by atoms with Crippen LogP contribution in [0, 0.1) is 10.1 Å². The maximum Gasteiger partial charge on any atom is 0.280 e. The summed E-state index contributed by atoms with van der Waals surface area (Å²) in [7, 11) is 1.62. The van der Waals surface area contributed by atoms with Crippen LogP contribution in [-0.2, 0) is 0 Å². The number of aromatic nitrogens is 1. The molecule has 0 aliphatic carbocycles. The maximum atomic E-state index is 11.5. The predicted molar refractivity (Wildman–Crippen MR) is 132 cm³/mol. The van der Waals surface area contributed by atoms with Crippen LogP contribution in [0.3, 0.4) is 0 Å². The van der Waals surface area contributed by atoms with Crippen molar-refractivity contribution < 1.29 is 14.1 Å². The molecule has 8 nitrogen and oxygen atoms in total. The third kappa shape index (κ3) is 3.86. The highest BCUT2D eigenvalue weighted by molar-refractivity contribution is 7.80. The fourth-order valence-electron chi connectivity index (χ4n) is 4.16. The molecule has 0 bridgehead atoms. The average Bonchev–Trinajstić information content (AvgIpc) is 3.49. The Morgan fingerprint density at radius 1 is 1.06 bits per heavy atom. The summed E-state index contributed by atoms with van der Waals surface area (Å²) in [6.07, 6.45) is 1.73. The van der Waals surface area contributed by atoms with Gasteiger partial charge in [-0.15, -0.1) is 0 Å². The fourth-order valence-corrected chi connectivity index (χ4v) is 4.51. The number of anilines is 1. The van der Waals surface area contributed by atoms with Crippen molar-refractivity contribution in [3.05, 3.63) is 107 Å². The van der Waals surface area contributed by atoms with Gasteiger partial charge in [-0.3, -0.25) is 15.1 Å². The van der Waals surface area contributed by atoms with Gasteiger partial charge < -0.3 is 19.4 Å². The molecule has 5 rings (SSSR count). The number of nitrogens with one attached hydrogen (secondary N) is 1. The number of ether oxygens (including phenoxy) is 1. The highest BCUT2D eigenvalue weighted by Gasteiger charge is 2.42. The van der Waals surface area contributed by atoms with Gasteiger partial charge in [-0.1, -0.05) is 18.2 Å². The van der Waals surface area contributed by atoms with Crippen LogP contribution in [0.1, 0.15) is 23.5 Å². The van der Waals surface area contributed by atoms with Crippen molar-refractivity contribution in [3.8, 4) is 17.1 Å². The molecule has 1 fully saturated rings. The minimum atomic E-state index is -0.413. The second-order valence-corrected chi connectivity index (χ2v) is 8.06. The number of furan rings is 1. The Morgan fingerprint density at radius 2 is 1.82 bits per heavy atom. The van der Waals surface area contributed by atoms with Gasteiger partial charge in [-0.2, -0.15) is 0 Å². The number of thiocarbonyl (C=S) groups is 1. The Bertz CT molecular complexity index is 1340. The van der Waals surface area contributed by atoms with Crippen LogP contribution in [0.25, 0.3) is 11.3 Å². The zero-order chi connectivity index (χ0) is 23.7. The third-order valence-corrected chi connectivity index (χ3v) is 6.05. The molecular weight excluding hydrogens is 452 g/mol. The van der Waals surface area contributed by atoms with Crippen LogP contribution in [0.2, 0.25) is 0 Å². The van der Waals surface area contributed by atoms with Gasteiger partial charge in [0.25, 0.3) is 5.69 Å². The molecule has 2 atom stereocenters. The molecule has 4 aromatic rings. The summed E-state index contributed by atoms with van der Waals surface area (Å²) in [5.74, 6) is 1.75. The van der Waals surface area contributed by atoms with E-state index in [1.54, 1.807) is 37.6 Å². The van der Waals surface area contributed by atoms with Gasteiger partial charge in [0, 0.05) is 18.0 Å². The molecule has 0 radical (unpaired) electrons. The number of para-hydroxylation sites is 1. The Hall–Kier alpha value is -4.24. The normalized spacial score (nSPS) is 17.4. The summed E-state index contributed by atoms with van der Waals surface area (Å²) in [6.45, 7) is 0. The first-order valence-corrected chi connectivity index (χ1v) is 11.0. The molecular formula is C25H20N4O4S. The zero-order valence-corrected chi connectivity index (χ0v) is 18.9. The Balaban J connectivity index is 1.60. The van der Waals surface area contributed by atoms with Crippen LogP contribution < -0.4 is 15.0 Å². The number of hydrogen-bond donors (Lipinski definition) is 1. The van der Waals surface area contributed by atoms with Crippen molar-refractivity contribution in [2.45, 2.75) is 12.1 Å². The summed E-state index contributed by atoms with van der Waals surface area (Å²) in [4.78, 5) is 17.6. The lowest BCUT2D eigenvalue weighted by atomic mass is 10.0. The summed E-state index contributed by atoms with van der Waals surface area (Å²) in [6, 6.07) is 22.7. The van der Waals surface area contributed by atoms with Crippen molar-refractivity contribution >= 4 is 28.7 Å². The van der Waals surface area contributed by atoms with Crippen LogP contribution in [0.4, 0.5) is 11.4 Å². The van der Waals surface area contributed by atoms with E-state index in [9.17, 15) is 10.1 Å². The van der Waals surface area contributed by atoms with Crippen LogP contribution >= 0.6 is 12.2 Å². The maximum absolute atomic E-state index is 11.5. The second-order valence-electron chi connectivity index (χ2n) is 7.67. The summed E-state index contributed by atoms with van der Waals surface area (Å²) in [5.41, 5.74) is 2.05. The number of nitrogens with zero attached hydrogens (tertiary/aromatic N) is 3. The molecule has 0 amide bonds. The van der Waals surface area contributed by atoms with E-state index in [4.69, 9.17) is 21.4 Å². The van der Waals surface area contributed by atoms with E-state index in [-0.39, 0.29) is 17.8 Å². The highest BCUT2D eigenvalue weighted by Crippen LogP contribution is 2.43. The monoisotopic (exact) mass is 472 g/mol. The number of pyridine rings is 1. The zero-order valence-electron chi connectivity index (χ0n) is 18.1. The van der Waals surface area contributed by atoms with Crippen molar-refractivity contribution in [2.75, 3.05) is 12.0 Å². The molecule has 0 unspecified atom stereocenters. The van der Waals surface area contributed by atoms with Crippen molar-refractivity contribution in [1.82, 2.24) is 10.3 Å². The minimum absolute atomic E-state index is 0.0169. The molecule has 0 saturated carbocycles. The van der Waals surface area contributed by atoms with Crippen LogP contribution in [0.5, 0.6) is 5.75 Å². The molecule has 170 valence electrons. The topological polar surface area (TPSA) is 93.7 Å². The number of nitro groups is 1. The smallest absolute Gasteiger partial charge is 0.280 e. The number of nitro benzene ring substituents is 1. The third-order valence-electron chi connectivity index (χ3n) is 5.73. The molecule has 1 aliphatic heterocycles. The van der Waals surface area contributed by atoms with E-state index in [0.29, 0.717) is 22.2 Å². The lowest BCUT2D eigenvalue weighted by Crippen LogP contribution is -2.29. The number of rotatable bonds is 6. The van der Waals surface area contributed by atoms with E-state index < -0.39 is 4.92 Å². The summed E-state index contributed by atoms with van der Waals surface area (Å²) < 4.78 is 11.5. The lowest BCUT2D eigenvalue weighted by molar-refractivity contribution is -0.384. The van der Waals surface area contributed by atoms with Gasteiger partial charge in [-0.05, 0) is 66.8 Å². The Kier molecular flexibility index (Phi) is 5.69. The second kappa shape index (κ2) is 8.95.